The van der Waals surface area contributed by atoms with Gasteiger partial charge in [0.05, 0.1) is 0 Å². The second kappa shape index (κ2) is 7.46. The van der Waals surface area contributed by atoms with Gasteiger partial charge in [0.2, 0.25) is 5.91 Å². The Kier molecular flexibility index (Phi) is 5.61. The number of unbranched alkanes of at least 4 members (excludes halogenated alkanes) is 1. The molecule has 19 heavy (non-hydrogen) atoms. The fraction of sp³-hybridized carbons (Fsp3) is 0.267. The highest BCUT2D eigenvalue weighted by Gasteiger charge is 2.03. The number of hydrogen-bond donors (Lipinski definition) is 1. The fourth-order valence-corrected chi connectivity index (χ4v) is 2.84. The molecule has 0 saturated heterocycles. The van der Waals surface area contributed by atoms with E-state index in [2.05, 4.69) is 38.1 Å². The Labute approximate surface area is 126 Å². The standard InChI is InChI=1S/C15H16BrNOS/c16-9-2-1-3-15(18)17-14-6-4-12(5-7-14)13-8-10-19-11-13/h4-8,10-11H,1-3,9H2,(H,17,18). The molecule has 0 atom stereocenters. The molecule has 100 valence electrons. The number of halogens is 1. The molecule has 0 aliphatic carbocycles. The molecular weight excluding hydrogens is 322 g/mol. The van der Waals surface area contributed by atoms with E-state index in [4.69, 9.17) is 0 Å². The number of rotatable bonds is 6. The van der Waals surface area contributed by atoms with Gasteiger partial charge in [-0.25, -0.2) is 0 Å². The molecule has 0 aliphatic heterocycles. The van der Waals surface area contributed by atoms with Crippen molar-refractivity contribution in [2.45, 2.75) is 19.3 Å². The number of anilines is 1. The van der Waals surface area contributed by atoms with E-state index >= 15 is 0 Å². The zero-order valence-electron chi connectivity index (χ0n) is 10.6. The van der Waals surface area contributed by atoms with Gasteiger partial charge in [-0.1, -0.05) is 28.1 Å². The van der Waals surface area contributed by atoms with Crippen LogP contribution in [0.2, 0.25) is 0 Å². The molecule has 1 amide bonds. The quantitative estimate of drug-likeness (QED) is 0.588. The highest BCUT2D eigenvalue weighted by Crippen LogP contribution is 2.23. The second-order valence-electron chi connectivity index (χ2n) is 4.28. The van der Waals surface area contributed by atoms with Crippen LogP contribution >= 0.6 is 27.3 Å². The summed E-state index contributed by atoms with van der Waals surface area (Å²) in [6, 6.07) is 10.1. The molecule has 1 aromatic carbocycles. The number of hydrogen-bond acceptors (Lipinski definition) is 2. The number of carbonyl (C=O) groups is 1. The van der Waals surface area contributed by atoms with Crippen molar-refractivity contribution >= 4 is 38.9 Å². The van der Waals surface area contributed by atoms with Crippen LogP contribution in [-0.2, 0) is 4.79 Å². The van der Waals surface area contributed by atoms with E-state index in [0.29, 0.717) is 6.42 Å². The maximum Gasteiger partial charge on any atom is 0.224 e. The lowest BCUT2D eigenvalue weighted by molar-refractivity contribution is -0.116. The molecule has 0 bridgehead atoms. The first-order valence-electron chi connectivity index (χ1n) is 6.28. The monoisotopic (exact) mass is 337 g/mol. The normalized spacial score (nSPS) is 10.4. The van der Waals surface area contributed by atoms with Crippen LogP contribution in [0.5, 0.6) is 0 Å². The second-order valence-corrected chi connectivity index (χ2v) is 5.86. The average Bonchev–Trinajstić information content (AvgIpc) is 2.94. The molecule has 0 unspecified atom stereocenters. The lowest BCUT2D eigenvalue weighted by Crippen LogP contribution is -2.10. The first kappa shape index (κ1) is 14.3. The van der Waals surface area contributed by atoms with Gasteiger partial charge in [-0.05, 0) is 52.9 Å². The van der Waals surface area contributed by atoms with Crippen molar-refractivity contribution in [1.82, 2.24) is 0 Å². The maximum absolute atomic E-state index is 11.7. The van der Waals surface area contributed by atoms with Crippen LogP contribution in [0.4, 0.5) is 5.69 Å². The summed E-state index contributed by atoms with van der Waals surface area (Å²) < 4.78 is 0. The number of carbonyl (C=O) groups excluding carboxylic acids is 1. The minimum absolute atomic E-state index is 0.0873. The molecule has 0 saturated carbocycles. The van der Waals surface area contributed by atoms with E-state index in [0.717, 1.165) is 23.9 Å². The number of benzene rings is 1. The summed E-state index contributed by atoms with van der Waals surface area (Å²) in [5, 5.41) is 8.06. The van der Waals surface area contributed by atoms with Crippen molar-refractivity contribution in [3.8, 4) is 11.1 Å². The molecule has 0 aliphatic rings. The van der Waals surface area contributed by atoms with Gasteiger partial charge in [-0.3, -0.25) is 4.79 Å². The van der Waals surface area contributed by atoms with Gasteiger partial charge in [-0.2, -0.15) is 11.3 Å². The smallest absolute Gasteiger partial charge is 0.224 e. The summed E-state index contributed by atoms with van der Waals surface area (Å²) >= 11 is 5.05. The van der Waals surface area contributed by atoms with Crippen LogP contribution in [-0.4, -0.2) is 11.2 Å². The number of amides is 1. The van der Waals surface area contributed by atoms with Gasteiger partial charge in [0.25, 0.3) is 0 Å². The van der Waals surface area contributed by atoms with Crippen LogP contribution in [0.25, 0.3) is 11.1 Å². The van der Waals surface area contributed by atoms with Crippen LogP contribution < -0.4 is 5.32 Å². The zero-order chi connectivity index (χ0) is 13.5. The van der Waals surface area contributed by atoms with Gasteiger partial charge < -0.3 is 5.32 Å². The maximum atomic E-state index is 11.7. The van der Waals surface area contributed by atoms with E-state index in [9.17, 15) is 4.79 Å². The summed E-state index contributed by atoms with van der Waals surface area (Å²) in [7, 11) is 0. The molecule has 2 aromatic rings. The van der Waals surface area contributed by atoms with Crippen molar-refractivity contribution < 1.29 is 4.79 Å². The van der Waals surface area contributed by atoms with Crippen molar-refractivity contribution in [3.63, 3.8) is 0 Å². The van der Waals surface area contributed by atoms with Crippen molar-refractivity contribution in [2.75, 3.05) is 10.6 Å². The molecule has 0 fully saturated rings. The Morgan fingerprint density at radius 1 is 1.11 bits per heavy atom. The third-order valence-electron chi connectivity index (χ3n) is 2.81. The van der Waals surface area contributed by atoms with Gasteiger partial charge >= 0.3 is 0 Å². The minimum atomic E-state index is 0.0873. The summed E-state index contributed by atoms with van der Waals surface area (Å²) in [6.45, 7) is 0. The third-order valence-corrected chi connectivity index (χ3v) is 4.05. The Balaban J connectivity index is 1.90. The van der Waals surface area contributed by atoms with E-state index in [-0.39, 0.29) is 5.91 Å². The molecule has 2 rings (SSSR count). The van der Waals surface area contributed by atoms with Crippen molar-refractivity contribution in [2.24, 2.45) is 0 Å². The number of thiophene rings is 1. The molecule has 1 N–H and O–H groups in total. The fourth-order valence-electron chi connectivity index (χ4n) is 1.78. The minimum Gasteiger partial charge on any atom is -0.326 e. The predicted molar refractivity (Wildman–Crippen MR) is 86.0 cm³/mol. The molecule has 0 spiro atoms. The lowest BCUT2D eigenvalue weighted by Gasteiger charge is -2.06. The van der Waals surface area contributed by atoms with E-state index in [1.807, 2.05) is 24.3 Å². The summed E-state index contributed by atoms with van der Waals surface area (Å²) in [5.41, 5.74) is 3.27. The van der Waals surface area contributed by atoms with Crippen LogP contribution in [0.3, 0.4) is 0 Å². The Hall–Kier alpha value is -1.13. The topological polar surface area (TPSA) is 29.1 Å². The molecule has 4 heteroatoms. The molecular formula is C15H16BrNOS. The highest BCUT2D eigenvalue weighted by molar-refractivity contribution is 9.09. The SMILES string of the molecule is O=C(CCCCBr)Nc1ccc(-c2ccsc2)cc1. The number of alkyl halides is 1. The average molecular weight is 338 g/mol. The first-order valence-corrected chi connectivity index (χ1v) is 8.34. The molecule has 1 aromatic heterocycles. The summed E-state index contributed by atoms with van der Waals surface area (Å²) in [6.07, 6.45) is 2.53. The van der Waals surface area contributed by atoms with Crippen molar-refractivity contribution in [1.29, 1.82) is 0 Å². The van der Waals surface area contributed by atoms with Gasteiger partial charge in [0.1, 0.15) is 0 Å². The highest BCUT2D eigenvalue weighted by atomic mass is 79.9. The predicted octanol–water partition coefficient (Wildman–Crippen LogP) is 4.92. The van der Waals surface area contributed by atoms with E-state index in [1.54, 1.807) is 11.3 Å². The Bertz CT molecular complexity index is 507. The molecule has 2 nitrogen and oxygen atoms in total. The molecule has 0 radical (unpaired) electrons. The third kappa shape index (κ3) is 4.48. The van der Waals surface area contributed by atoms with Crippen molar-refractivity contribution in [3.05, 3.63) is 41.1 Å². The lowest BCUT2D eigenvalue weighted by atomic mass is 10.1. The Morgan fingerprint density at radius 2 is 1.89 bits per heavy atom. The zero-order valence-corrected chi connectivity index (χ0v) is 13.0. The van der Waals surface area contributed by atoms with Crippen LogP contribution in [0, 0.1) is 0 Å². The Morgan fingerprint density at radius 3 is 2.53 bits per heavy atom. The molecule has 1 heterocycles. The van der Waals surface area contributed by atoms with Gasteiger partial charge in [-0.15, -0.1) is 0 Å². The van der Waals surface area contributed by atoms with Gasteiger partial charge in [0, 0.05) is 17.4 Å². The van der Waals surface area contributed by atoms with Crippen LogP contribution in [0.15, 0.2) is 41.1 Å². The summed E-state index contributed by atoms with van der Waals surface area (Å²) in [5.74, 6) is 0.0873. The van der Waals surface area contributed by atoms with Crippen LogP contribution in [0.1, 0.15) is 19.3 Å². The largest absolute Gasteiger partial charge is 0.326 e. The van der Waals surface area contributed by atoms with E-state index in [1.165, 1.54) is 11.1 Å². The van der Waals surface area contributed by atoms with Gasteiger partial charge in [0.15, 0.2) is 0 Å². The summed E-state index contributed by atoms with van der Waals surface area (Å²) in [4.78, 5) is 11.7. The number of nitrogens with one attached hydrogen (secondary N) is 1. The first-order chi connectivity index (χ1) is 9.29. The van der Waals surface area contributed by atoms with E-state index < -0.39 is 0 Å².